The van der Waals surface area contributed by atoms with Crippen molar-refractivity contribution in [3.8, 4) is 0 Å². The number of hydrogen-bond donors (Lipinski definition) is 2. The minimum atomic E-state index is -1.04. The lowest BCUT2D eigenvalue weighted by atomic mass is 10.1. The molecule has 30 heavy (non-hydrogen) atoms. The number of allylic oxidation sites excluding steroid dienone is 10. The van der Waals surface area contributed by atoms with E-state index in [-0.39, 0.29) is 18.9 Å². The number of aliphatic carboxylic acids is 1. The van der Waals surface area contributed by atoms with Gasteiger partial charge in [0.2, 0.25) is 5.91 Å². The molecule has 1 saturated heterocycles. The number of aliphatic hydroxyl groups excluding tert-OH is 1. The van der Waals surface area contributed by atoms with Gasteiger partial charge in [0.05, 0.1) is 6.10 Å². The molecule has 166 valence electrons. The van der Waals surface area contributed by atoms with E-state index in [9.17, 15) is 14.7 Å². The van der Waals surface area contributed by atoms with E-state index in [2.05, 4.69) is 67.7 Å². The molecular formula is C25H37NO4. The van der Waals surface area contributed by atoms with Gasteiger partial charge in [-0.2, -0.15) is 0 Å². The number of carboxylic acids is 1. The Morgan fingerprint density at radius 3 is 1.87 bits per heavy atom. The molecule has 0 aliphatic carbocycles. The molecule has 1 rings (SSSR count). The van der Waals surface area contributed by atoms with Gasteiger partial charge in [0.1, 0.15) is 6.04 Å². The molecule has 0 aromatic rings. The Bertz CT molecular complexity index is 646. The largest absolute Gasteiger partial charge is 0.480 e. The maximum atomic E-state index is 12.2. The van der Waals surface area contributed by atoms with E-state index in [1.165, 1.54) is 4.90 Å². The van der Waals surface area contributed by atoms with E-state index in [0.29, 0.717) is 12.8 Å². The molecule has 2 unspecified atom stereocenters. The van der Waals surface area contributed by atoms with Gasteiger partial charge in [-0.25, -0.2) is 4.79 Å². The molecule has 1 fully saturated rings. The van der Waals surface area contributed by atoms with Crippen molar-refractivity contribution in [3.63, 3.8) is 0 Å². The van der Waals surface area contributed by atoms with Crippen LogP contribution in [-0.4, -0.2) is 45.7 Å². The van der Waals surface area contributed by atoms with Crippen LogP contribution < -0.4 is 0 Å². The molecular weight excluding hydrogens is 378 g/mol. The highest BCUT2D eigenvalue weighted by Crippen LogP contribution is 2.19. The molecule has 0 saturated carbocycles. The smallest absolute Gasteiger partial charge is 0.326 e. The first-order chi connectivity index (χ1) is 14.6. The van der Waals surface area contributed by atoms with Gasteiger partial charge in [-0.15, -0.1) is 0 Å². The number of carboxylic acid groups (broad SMARTS) is 1. The highest BCUT2D eigenvalue weighted by Gasteiger charge is 2.38. The molecule has 1 heterocycles. The van der Waals surface area contributed by atoms with E-state index in [1.54, 1.807) is 0 Å². The SMILES string of the molecule is CC/C=C/C/C=C/C/C=C/C/C=C/C/C=C/CCCC(=O)N1CC(O)CC1C(=O)O. The van der Waals surface area contributed by atoms with Gasteiger partial charge in [0, 0.05) is 19.4 Å². The number of carbonyl (C=O) groups excluding carboxylic acids is 1. The van der Waals surface area contributed by atoms with Crippen LogP contribution in [0.3, 0.4) is 0 Å². The van der Waals surface area contributed by atoms with E-state index in [4.69, 9.17) is 5.11 Å². The van der Waals surface area contributed by atoms with Crippen molar-refractivity contribution in [2.24, 2.45) is 0 Å². The summed E-state index contributed by atoms with van der Waals surface area (Å²) >= 11 is 0. The second-order valence-corrected chi connectivity index (χ2v) is 7.39. The number of carbonyl (C=O) groups is 2. The third-order valence-electron chi connectivity index (χ3n) is 4.80. The van der Waals surface area contributed by atoms with Gasteiger partial charge < -0.3 is 15.1 Å². The summed E-state index contributed by atoms with van der Waals surface area (Å²) in [5.74, 6) is -1.23. The summed E-state index contributed by atoms with van der Waals surface area (Å²) < 4.78 is 0. The Hall–Kier alpha value is -2.40. The molecule has 1 aliphatic rings. The van der Waals surface area contributed by atoms with E-state index in [1.807, 2.05) is 0 Å². The van der Waals surface area contributed by atoms with Crippen LogP contribution >= 0.6 is 0 Å². The summed E-state index contributed by atoms with van der Waals surface area (Å²) in [5.41, 5.74) is 0. The summed E-state index contributed by atoms with van der Waals surface area (Å²) in [5, 5.41) is 18.7. The Morgan fingerprint density at radius 1 is 0.867 bits per heavy atom. The Kier molecular flexibility index (Phi) is 14.0. The normalized spacial score (nSPS) is 20.1. The molecule has 0 bridgehead atoms. The Morgan fingerprint density at radius 2 is 1.37 bits per heavy atom. The van der Waals surface area contributed by atoms with E-state index >= 15 is 0 Å². The monoisotopic (exact) mass is 415 g/mol. The van der Waals surface area contributed by atoms with Gasteiger partial charge in [-0.05, 0) is 44.9 Å². The number of hydrogen-bond acceptors (Lipinski definition) is 3. The summed E-state index contributed by atoms with van der Waals surface area (Å²) in [6.07, 6.45) is 27.5. The minimum absolute atomic E-state index is 0.121. The lowest BCUT2D eigenvalue weighted by molar-refractivity contribution is -0.148. The predicted octanol–water partition coefficient (Wildman–Crippen LogP) is 4.95. The topological polar surface area (TPSA) is 77.8 Å². The van der Waals surface area contributed by atoms with Gasteiger partial charge in [0.15, 0.2) is 0 Å². The summed E-state index contributed by atoms with van der Waals surface area (Å²) in [4.78, 5) is 24.6. The van der Waals surface area contributed by atoms with Crippen LogP contribution in [0.15, 0.2) is 60.8 Å². The first kappa shape index (κ1) is 25.6. The second kappa shape index (κ2) is 16.4. The van der Waals surface area contributed by atoms with Crippen molar-refractivity contribution in [1.82, 2.24) is 4.90 Å². The lowest BCUT2D eigenvalue weighted by Crippen LogP contribution is -2.40. The molecule has 1 aliphatic heterocycles. The second-order valence-electron chi connectivity index (χ2n) is 7.39. The molecule has 2 N–H and O–H groups in total. The molecule has 0 aromatic heterocycles. The lowest BCUT2D eigenvalue weighted by Gasteiger charge is -2.20. The van der Waals surface area contributed by atoms with Crippen molar-refractivity contribution in [2.75, 3.05) is 6.54 Å². The van der Waals surface area contributed by atoms with Crippen LogP contribution in [0.5, 0.6) is 0 Å². The van der Waals surface area contributed by atoms with Crippen molar-refractivity contribution >= 4 is 11.9 Å². The van der Waals surface area contributed by atoms with Crippen LogP contribution in [0, 0.1) is 0 Å². The van der Waals surface area contributed by atoms with Gasteiger partial charge in [-0.1, -0.05) is 67.7 Å². The molecule has 0 aromatic carbocycles. The quantitative estimate of drug-likeness (QED) is 0.311. The maximum Gasteiger partial charge on any atom is 0.326 e. The summed E-state index contributed by atoms with van der Waals surface area (Å²) in [7, 11) is 0. The van der Waals surface area contributed by atoms with Gasteiger partial charge in [-0.3, -0.25) is 4.79 Å². The average molecular weight is 416 g/mol. The molecule has 5 heteroatoms. The number of unbranched alkanes of at least 4 members (excludes halogenated alkanes) is 1. The van der Waals surface area contributed by atoms with Gasteiger partial charge >= 0.3 is 5.97 Å². The Labute approximate surface area is 181 Å². The molecule has 5 nitrogen and oxygen atoms in total. The number of amides is 1. The zero-order valence-electron chi connectivity index (χ0n) is 18.2. The predicted molar refractivity (Wildman–Crippen MR) is 122 cm³/mol. The van der Waals surface area contributed by atoms with Crippen molar-refractivity contribution in [1.29, 1.82) is 0 Å². The Balaban J connectivity index is 2.07. The molecule has 0 radical (unpaired) electrons. The summed E-state index contributed by atoms with van der Waals surface area (Å²) in [6.45, 7) is 2.26. The first-order valence-corrected chi connectivity index (χ1v) is 11.0. The fourth-order valence-corrected chi connectivity index (χ4v) is 3.21. The number of rotatable bonds is 14. The fourth-order valence-electron chi connectivity index (χ4n) is 3.21. The number of β-amino-alcohol motifs (C(OH)–C–C–N with tert-alkyl or cyclic N) is 1. The number of nitrogens with zero attached hydrogens (tertiary/aromatic N) is 1. The number of aliphatic hydroxyl groups is 1. The van der Waals surface area contributed by atoms with Crippen LogP contribution in [0.2, 0.25) is 0 Å². The highest BCUT2D eigenvalue weighted by molar-refractivity contribution is 5.84. The van der Waals surface area contributed by atoms with Crippen molar-refractivity contribution in [2.45, 2.75) is 76.9 Å². The molecule has 2 atom stereocenters. The standard InChI is InChI=1S/C25H37NO4/c1-2-3-4-5-6-7-8-9-10-11-12-13-14-15-16-17-18-19-24(28)26-21-22(27)20-23(26)25(29)30/h3-4,6-7,9-10,12-13,15-16,22-23,27H,2,5,8,11,14,17-21H2,1H3,(H,29,30)/b4-3+,7-6+,10-9+,13-12+,16-15+. The zero-order chi connectivity index (χ0) is 22.0. The third kappa shape index (κ3) is 11.6. The van der Waals surface area contributed by atoms with Crippen LogP contribution in [0.25, 0.3) is 0 Å². The maximum absolute atomic E-state index is 12.2. The molecule has 1 amide bonds. The van der Waals surface area contributed by atoms with Crippen LogP contribution in [-0.2, 0) is 9.59 Å². The third-order valence-corrected chi connectivity index (χ3v) is 4.80. The van der Waals surface area contributed by atoms with Crippen LogP contribution in [0.1, 0.15) is 64.7 Å². The molecule has 0 spiro atoms. The van der Waals surface area contributed by atoms with Gasteiger partial charge in [0.25, 0.3) is 0 Å². The van der Waals surface area contributed by atoms with Crippen molar-refractivity contribution < 1.29 is 19.8 Å². The average Bonchev–Trinajstić information content (AvgIpc) is 3.12. The van der Waals surface area contributed by atoms with Crippen LogP contribution in [0.4, 0.5) is 0 Å². The minimum Gasteiger partial charge on any atom is -0.480 e. The highest BCUT2D eigenvalue weighted by atomic mass is 16.4. The number of likely N-dealkylation sites (tertiary alicyclic amines) is 1. The van der Waals surface area contributed by atoms with E-state index < -0.39 is 18.1 Å². The van der Waals surface area contributed by atoms with Crippen molar-refractivity contribution in [3.05, 3.63) is 60.8 Å². The fraction of sp³-hybridized carbons (Fsp3) is 0.520. The summed E-state index contributed by atoms with van der Waals surface area (Å²) in [6, 6.07) is -0.888. The first-order valence-electron chi connectivity index (χ1n) is 11.0. The zero-order valence-corrected chi connectivity index (χ0v) is 18.2. The van der Waals surface area contributed by atoms with E-state index in [0.717, 1.165) is 38.5 Å².